The normalized spacial score (nSPS) is 10.6. The highest BCUT2D eigenvalue weighted by molar-refractivity contribution is 7.14. The lowest BCUT2D eigenvalue weighted by atomic mass is 10.4. The number of hydrogen-bond donors (Lipinski definition) is 1. The topological polar surface area (TPSA) is 82.3 Å². The number of amides is 1. The van der Waals surface area contributed by atoms with E-state index in [-0.39, 0.29) is 0 Å². The van der Waals surface area contributed by atoms with E-state index in [2.05, 4.69) is 4.98 Å². The number of thiazole rings is 1. The second-order valence-electron chi connectivity index (χ2n) is 2.92. The van der Waals surface area contributed by atoms with Crippen LogP contribution in [0.4, 0.5) is 0 Å². The fourth-order valence-electron chi connectivity index (χ4n) is 1.03. The number of primary amides is 1. The highest BCUT2D eigenvalue weighted by atomic mass is 32.1. The molecule has 0 aliphatic carbocycles. The quantitative estimate of drug-likeness (QED) is 0.631. The van der Waals surface area contributed by atoms with Crippen LogP contribution in [0.25, 0.3) is 6.08 Å². The largest absolute Gasteiger partial charge is 0.462 e. The van der Waals surface area contributed by atoms with Crippen molar-refractivity contribution in [3.8, 4) is 0 Å². The van der Waals surface area contributed by atoms with Crippen LogP contribution in [0.15, 0.2) is 6.08 Å². The highest BCUT2D eigenvalue weighted by Crippen LogP contribution is 2.20. The number of hydrogen-bond acceptors (Lipinski definition) is 5. The van der Waals surface area contributed by atoms with Gasteiger partial charge in [-0.05, 0) is 19.9 Å². The standard InChI is InChI=1S/C10H12N2O3S/c1-3-15-10(14)9-6(2)12-8(16-9)5-4-7(11)13/h4-5H,3H2,1-2H3,(H2,11,13). The van der Waals surface area contributed by atoms with Gasteiger partial charge >= 0.3 is 5.97 Å². The molecule has 0 radical (unpaired) electrons. The number of ether oxygens (including phenoxy) is 1. The monoisotopic (exact) mass is 240 g/mol. The lowest BCUT2D eigenvalue weighted by Gasteiger charge is -1.97. The minimum atomic E-state index is -0.550. The van der Waals surface area contributed by atoms with E-state index in [0.29, 0.717) is 22.2 Å². The Morgan fingerprint density at radius 3 is 2.81 bits per heavy atom. The maximum atomic E-state index is 11.4. The number of carbonyl (C=O) groups is 2. The predicted octanol–water partition coefficient (Wildman–Crippen LogP) is 1.13. The zero-order chi connectivity index (χ0) is 12.1. The third-order valence-corrected chi connectivity index (χ3v) is 2.77. The van der Waals surface area contributed by atoms with Gasteiger partial charge in [-0.3, -0.25) is 4.79 Å². The molecule has 0 aliphatic heterocycles. The second kappa shape index (κ2) is 5.41. The molecule has 1 amide bonds. The molecule has 0 bridgehead atoms. The van der Waals surface area contributed by atoms with Gasteiger partial charge in [0.15, 0.2) is 0 Å². The van der Waals surface area contributed by atoms with Crippen molar-refractivity contribution in [3.63, 3.8) is 0 Å². The summed E-state index contributed by atoms with van der Waals surface area (Å²) >= 11 is 1.17. The van der Waals surface area contributed by atoms with Crippen molar-refractivity contribution in [2.75, 3.05) is 6.61 Å². The van der Waals surface area contributed by atoms with Crippen LogP contribution in [0.2, 0.25) is 0 Å². The molecule has 1 aromatic heterocycles. The molecule has 0 fully saturated rings. The summed E-state index contributed by atoms with van der Waals surface area (Å²) in [4.78, 5) is 26.5. The fourth-order valence-corrected chi connectivity index (χ4v) is 1.89. The van der Waals surface area contributed by atoms with E-state index in [1.807, 2.05) is 0 Å². The average Bonchev–Trinajstić information content (AvgIpc) is 2.57. The van der Waals surface area contributed by atoms with Crippen LogP contribution >= 0.6 is 11.3 Å². The van der Waals surface area contributed by atoms with Crippen LogP contribution in [0, 0.1) is 6.92 Å². The molecular formula is C10H12N2O3S. The van der Waals surface area contributed by atoms with E-state index in [4.69, 9.17) is 10.5 Å². The number of rotatable bonds is 4. The number of aromatic nitrogens is 1. The Kier molecular flexibility index (Phi) is 4.19. The first-order chi connectivity index (χ1) is 7.54. The molecule has 2 N–H and O–H groups in total. The summed E-state index contributed by atoms with van der Waals surface area (Å²) < 4.78 is 4.86. The van der Waals surface area contributed by atoms with Crippen LogP contribution in [-0.4, -0.2) is 23.5 Å². The molecule has 16 heavy (non-hydrogen) atoms. The molecule has 0 unspecified atom stereocenters. The molecule has 0 saturated carbocycles. The summed E-state index contributed by atoms with van der Waals surface area (Å²) in [7, 11) is 0. The maximum Gasteiger partial charge on any atom is 0.350 e. The van der Waals surface area contributed by atoms with Crippen LogP contribution in [0.1, 0.15) is 27.3 Å². The molecular weight excluding hydrogens is 228 g/mol. The number of aryl methyl sites for hydroxylation is 1. The molecule has 1 heterocycles. The van der Waals surface area contributed by atoms with E-state index in [0.717, 1.165) is 0 Å². The van der Waals surface area contributed by atoms with E-state index >= 15 is 0 Å². The SMILES string of the molecule is CCOC(=O)c1sc(C=CC(N)=O)nc1C. The predicted molar refractivity (Wildman–Crippen MR) is 61.0 cm³/mol. The summed E-state index contributed by atoms with van der Waals surface area (Å²) in [5.41, 5.74) is 5.54. The summed E-state index contributed by atoms with van der Waals surface area (Å²) in [6.07, 6.45) is 2.68. The summed E-state index contributed by atoms with van der Waals surface area (Å²) in [6, 6.07) is 0. The van der Waals surface area contributed by atoms with Gasteiger partial charge in [0.05, 0.1) is 12.3 Å². The van der Waals surface area contributed by atoms with Gasteiger partial charge in [0.25, 0.3) is 0 Å². The Balaban J connectivity index is 2.89. The molecule has 0 aromatic carbocycles. The van der Waals surface area contributed by atoms with Crippen LogP contribution in [0.3, 0.4) is 0 Å². The molecule has 86 valence electrons. The summed E-state index contributed by atoms with van der Waals surface area (Å²) in [5.74, 6) is -0.943. The molecule has 0 atom stereocenters. The number of carbonyl (C=O) groups excluding carboxylic acids is 2. The zero-order valence-corrected chi connectivity index (χ0v) is 9.84. The first kappa shape index (κ1) is 12.4. The smallest absolute Gasteiger partial charge is 0.350 e. The lowest BCUT2D eigenvalue weighted by molar-refractivity contribution is -0.113. The number of esters is 1. The molecule has 5 nitrogen and oxygen atoms in total. The number of nitrogens with two attached hydrogens (primary N) is 1. The maximum absolute atomic E-state index is 11.4. The van der Waals surface area contributed by atoms with Gasteiger partial charge in [-0.15, -0.1) is 11.3 Å². The Morgan fingerprint density at radius 1 is 1.56 bits per heavy atom. The first-order valence-electron chi connectivity index (χ1n) is 4.66. The van der Waals surface area contributed by atoms with E-state index in [1.165, 1.54) is 23.5 Å². The molecule has 0 spiro atoms. The fraction of sp³-hybridized carbons (Fsp3) is 0.300. The Morgan fingerprint density at radius 2 is 2.25 bits per heavy atom. The Labute approximate surface area is 96.9 Å². The van der Waals surface area contributed by atoms with Crippen molar-refractivity contribution >= 4 is 29.3 Å². The number of nitrogens with zero attached hydrogens (tertiary/aromatic N) is 1. The van der Waals surface area contributed by atoms with Crippen molar-refractivity contribution in [2.45, 2.75) is 13.8 Å². The van der Waals surface area contributed by atoms with Gasteiger partial charge in [-0.1, -0.05) is 0 Å². The molecule has 0 aliphatic rings. The van der Waals surface area contributed by atoms with Gasteiger partial charge in [0.2, 0.25) is 5.91 Å². The van der Waals surface area contributed by atoms with E-state index in [9.17, 15) is 9.59 Å². The third-order valence-electron chi connectivity index (χ3n) is 1.66. The summed E-state index contributed by atoms with van der Waals surface area (Å²) in [6.45, 7) is 3.77. The Bertz CT molecular complexity index is 437. The van der Waals surface area contributed by atoms with E-state index < -0.39 is 11.9 Å². The van der Waals surface area contributed by atoms with Gasteiger partial charge in [-0.25, -0.2) is 9.78 Å². The van der Waals surface area contributed by atoms with Gasteiger partial charge in [-0.2, -0.15) is 0 Å². The van der Waals surface area contributed by atoms with Crippen LogP contribution < -0.4 is 5.73 Å². The molecule has 0 saturated heterocycles. The lowest BCUT2D eigenvalue weighted by Crippen LogP contribution is -2.04. The van der Waals surface area contributed by atoms with Gasteiger partial charge in [0.1, 0.15) is 9.88 Å². The van der Waals surface area contributed by atoms with Gasteiger partial charge in [0, 0.05) is 6.08 Å². The molecule has 1 rings (SSSR count). The van der Waals surface area contributed by atoms with Gasteiger partial charge < -0.3 is 10.5 Å². The van der Waals surface area contributed by atoms with Crippen molar-refractivity contribution in [2.24, 2.45) is 5.73 Å². The van der Waals surface area contributed by atoms with Crippen LogP contribution in [-0.2, 0) is 9.53 Å². The second-order valence-corrected chi connectivity index (χ2v) is 3.95. The highest BCUT2D eigenvalue weighted by Gasteiger charge is 2.14. The summed E-state index contributed by atoms with van der Waals surface area (Å²) in [5, 5.41) is 0.555. The minimum absolute atomic E-state index is 0.322. The average molecular weight is 240 g/mol. The third kappa shape index (κ3) is 3.16. The van der Waals surface area contributed by atoms with Crippen molar-refractivity contribution in [1.82, 2.24) is 4.98 Å². The van der Waals surface area contributed by atoms with Crippen molar-refractivity contribution < 1.29 is 14.3 Å². The minimum Gasteiger partial charge on any atom is -0.462 e. The molecule has 6 heteroatoms. The van der Waals surface area contributed by atoms with Crippen LogP contribution in [0.5, 0.6) is 0 Å². The Hall–Kier alpha value is -1.69. The first-order valence-corrected chi connectivity index (χ1v) is 5.48. The van der Waals surface area contributed by atoms with Crippen molar-refractivity contribution in [1.29, 1.82) is 0 Å². The van der Waals surface area contributed by atoms with E-state index in [1.54, 1.807) is 13.8 Å². The molecule has 1 aromatic rings. The van der Waals surface area contributed by atoms with Crippen molar-refractivity contribution in [3.05, 3.63) is 21.7 Å². The zero-order valence-electron chi connectivity index (χ0n) is 9.02.